The van der Waals surface area contributed by atoms with Crippen molar-refractivity contribution < 1.29 is 22.3 Å². The number of aromatic nitrogens is 1. The number of carbonyl (C=O) groups excluding carboxylic acids is 1. The monoisotopic (exact) mass is 449 g/mol. The van der Waals surface area contributed by atoms with Crippen LogP contribution in [0, 0.1) is 12.7 Å². The van der Waals surface area contributed by atoms with Crippen molar-refractivity contribution in [2.75, 3.05) is 22.9 Å². The Morgan fingerprint density at radius 2 is 1.90 bits per heavy atom. The second-order valence-electron chi connectivity index (χ2n) is 6.32. The first-order chi connectivity index (χ1) is 14.2. The van der Waals surface area contributed by atoms with Gasteiger partial charge in [0.05, 0.1) is 24.2 Å². The highest BCUT2D eigenvalue weighted by Crippen LogP contribution is 2.31. The number of thiazole rings is 1. The van der Waals surface area contributed by atoms with Crippen LogP contribution >= 0.6 is 11.3 Å². The highest BCUT2D eigenvalue weighted by Gasteiger charge is 2.18. The Bertz CT molecular complexity index is 1180. The van der Waals surface area contributed by atoms with E-state index < -0.39 is 10.0 Å². The molecule has 158 valence electrons. The fourth-order valence-corrected chi connectivity index (χ4v) is 4.22. The molecule has 0 bridgehead atoms. The number of carbonyl (C=O) groups is 1. The molecule has 30 heavy (non-hydrogen) atoms. The Balaban J connectivity index is 1.81. The van der Waals surface area contributed by atoms with Gasteiger partial charge in [0, 0.05) is 17.3 Å². The number of hydrogen-bond donors (Lipinski definition) is 2. The zero-order chi connectivity index (χ0) is 21.9. The van der Waals surface area contributed by atoms with Crippen molar-refractivity contribution in [2.45, 2.75) is 13.8 Å². The number of amides is 1. The lowest BCUT2D eigenvalue weighted by atomic mass is 10.2. The summed E-state index contributed by atoms with van der Waals surface area (Å²) in [4.78, 5) is 17.6. The van der Waals surface area contributed by atoms with Gasteiger partial charge in [-0.15, -0.1) is 11.3 Å². The fraction of sp³-hybridized carbons (Fsp3) is 0.200. The summed E-state index contributed by atoms with van der Waals surface area (Å²) in [5.41, 5.74) is 1.99. The molecule has 0 aliphatic rings. The molecule has 0 saturated heterocycles. The van der Waals surface area contributed by atoms with Gasteiger partial charge in [-0.3, -0.25) is 9.52 Å². The highest BCUT2D eigenvalue weighted by atomic mass is 32.2. The van der Waals surface area contributed by atoms with Crippen LogP contribution in [0.25, 0.3) is 10.6 Å². The minimum absolute atomic E-state index is 0.0737. The number of ether oxygens (including phenoxy) is 1. The predicted octanol–water partition coefficient (Wildman–Crippen LogP) is 4.28. The molecule has 0 spiro atoms. The molecule has 7 nitrogen and oxygen atoms in total. The van der Waals surface area contributed by atoms with E-state index in [2.05, 4.69) is 15.0 Å². The van der Waals surface area contributed by atoms with E-state index in [1.807, 2.05) is 0 Å². The average molecular weight is 450 g/mol. The third-order valence-corrected chi connectivity index (χ3v) is 6.70. The standard InChI is InChI=1S/C20H20FN3O4S2/c1-4-30(26,27)24-16-10-9-15(11-17(16)28-3)23-19(25)18-12(2)22-20(29-18)13-5-7-14(21)8-6-13/h5-11,24H,4H2,1-3H3,(H,23,25). The van der Waals surface area contributed by atoms with Crippen molar-refractivity contribution in [3.8, 4) is 16.3 Å². The zero-order valence-electron chi connectivity index (χ0n) is 16.5. The number of nitrogens with zero attached hydrogens (tertiary/aromatic N) is 1. The molecule has 0 radical (unpaired) electrons. The molecule has 0 aliphatic heterocycles. The number of benzene rings is 2. The van der Waals surface area contributed by atoms with Crippen LogP contribution in [0.3, 0.4) is 0 Å². The number of methoxy groups -OCH3 is 1. The largest absolute Gasteiger partial charge is 0.494 e. The van der Waals surface area contributed by atoms with Gasteiger partial charge >= 0.3 is 0 Å². The second-order valence-corrected chi connectivity index (χ2v) is 9.33. The van der Waals surface area contributed by atoms with Gasteiger partial charge in [-0.2, -0.15) is 0 Å². The summed E-state index contributed by atoms with van der Waals surface area (Å²) in [6, 6.07) is 10.5. The predicted molar refractivity (Wildman–Crippen MR) is 116 cm³/mol. The summed E-state index contributed by atoms with van der Waals surface area (Å²) in [5.74, 6) is -0.501. The molecule has 1 aromatic heterocycles. The van der Waals surface area contributed by atoms with E-state index in [0.29, 0.717) is 21.3 Å². The lowest BCUT2D eigenvalue weighted by Crippen LogP contribution is -2.16. The second kappa shape index (κ2) is 8.80. The fourth-order valence-electron chi connectivity index (χ4n) is 2.60. The summed E-state index contributed by atoms with van der Waals surface area (Å²) in [7, 11) is -2.05. The molecule has 3 rings (SSSR count). The van der Waals surface area contributed by atoms with Crippen LogP contribution in [-0.2, 0) is 10.0 Å². The Morgan fingerprint density at radius 1 is 1.20 bits per heavy atom. The van der Waals surface area contributed by atoms with Gasteiger partial charge < -0.3 is 10.1 Å². The van der Waals surface area contributed by atoms with Gasteiger partial charge in [-0.05, 0) is 50.2 Å². The van der Waals surface area contributed by atoms with Crippen LogP contribution in [0.15, 0.2) is 42.5 Å². The van der Waals surface area contributed by atoms with Gasteiger partial charge in [-0.25, -0.2) is 17.8 Å². The molecule has 2 N–H and O–H groups in total. The van der Waals surface area contributed by atoms with Crippen molar-refractivity contribution in [1.82, 2.24) is 4.98 Å². The van der Waals surface area contributed by atoms with Crippen molar-refractivity contribution in [3.05, 3.63) is 58.9 Å². The molecule has 0 atom stereocenters. The van der Waals surface area contributed by atoms with E-state index in [-0.39, 0.29) is 28.9 Å². The highest BCUT2D eigenvalue weighted by molar-refractivity contribution is 7.92. The SMILES string of the molecule is CCS(=O)(=O)Nc1ccc(NC(=O)c2sc(-c3ccc(F)cc3)nc2C)cc1OC. The van der Waals surface area contributed by atoms with Gasteiger partial charge in [0.2, 0.25) is 10.0 Å². The zero-order valence-corrected chi connectivity index (χ0v) is 18.2. The van der Waals surface area contributed by atoms with E-state index in [9.17, 15) is 17.6 Å². The lowest BCUT2D eigenvalue weighted by molar-refractivity contribution is 0.103. The van der Waals surface area contributed by atoms with Gasteiger partial charge in [0.25, 0.3) is 5.91 Å². The number of anilines is 2. The Hall–Kier alpha value is -2.98. The summed E-state index contributed by atoms with van der Waals surface area (Å²) >= 11 is 1.20. The summed E-state index contributed by atoms with van der Waals surface area (Å²) in [5, 5.41) is 3.38. The first kappa shape index (κ1) is 21.7. The minimum Gasteiger partial charge on any atom is -0.494 e. The van der Waals surface area contributed by atoms with Crippen LogP contribution < -0.4 is 14.8 Å². The maximum absolute atomic E-state index is 13.1. The minimum atomic E-state index is -3.46. The van der Waals surface area contributed by atoms with Crippen molar-refractivity contribution in [2.24, 2.45) is 0 Å². The number of aryl methyl sites for hydroxylation is 1. The molecule has 1 heterocycles. The molecule has 0 aliphatic carbocycles. The average Bonchev–Trinajstić information content (AvgIpc) is 3.11. The van der Waals surface area contributed by atoms with Crippen LogP contribution in [0.5, 0.6) is 5.75 Å². The number of sulfonamides is 1. The molecular formula is C20H20FN3O4S2. The Labute approximate surface area is 178 Å². The first-order valence-corrected chi connectivity index (χ1v) is 11.4. The lowest BCUT2D eigenvalue weighted by Gasteiger charge is -2.13. The summed E-state index contributed by atoms with van der Waals surface area (Å²) in [6.07, 6.45) is 0. The Morgan fingerprint density at radius 3 is 2.53 bits per heavy atom. The van der Waals surface area contributed by atoms with Gasteiger partial charge in [0.1, 0.15) is 21.5 Å². The molecule has 0 unspecified atom stereocenters. The van der Waals surface area contributed by atoms with Crippen LogP contribution in [-0.4, -0.2) is 32.2 Å². The van der Waals surface area contributed by atoms with Crippen LogP contribution in [0.2, 0.25) is 0 Å². The number of nitrogens with one attached hydrogen (secondary N) is 2. The maximum Gasteiger partial charge on any atom is 0.267 e. The third-order valence-electron chi connectivity index (χ3n) is 4.20. The smallest absolute Gasteiger partial charge is 0.267 e. The molecule has 3 aromatic rings. The van der Waals surface area contributed by atoms with Crippen molar-refractivity contribution in [1.29, 1.82) is 0 Å². The van der Waals surface area contributed by atoms with E-state index in [0.717, 1.165) is 5.56 Å². The quantitative estimate of drug-likeness (QED) is 0.561. The number of rotatable bonds is 7. The van der Waals surface area contributed by atoms with Crippen LogP contribution in [0.4, 0.5) is 15.8 Å². The maximum atomic E-state index is 13.1. The first-order valence-electron chi connectivity index (χ1n) is 8.95. The number of hydrogen-bond acceptors (Lipinski definition) is 6. The van der Waals surface area contributed by atoms with E-state index >= 15 is 0 Å². The van der Waals surface area contributed by atoms with Crippen molar-refractivity contribution >= 4 is 38.6 Å². The molecular weight excluding hydrogens is 429 g/mol. The Kier molecular flexibility index (Phi) is 6.37. The number of halogens is 1. The van der Waals surface area contributed by atoms with Crippen LogP contribution in [0.1, 0.15) is 22.3 Å². The van der Waals surface area contributed by atoms with E-state index in [1.165, 1.54) is 49.6 Å². The topological polar surface area (TPSA) is 97.4 Å². The van der Waals surface area contributed by atoms with Crippen molar-refractivity contribution in [3.63, 3.8) is 0 Å². The molecule has 0 fully saturated rings. The van der Waals surface area contributed by atoms with E-state index in [1.54, 1.807) is 25.1 Å². The normalized spacial score (nSPS) is 11.2. The molecule has 1 amide bonds. The summed E-state index contributed by atoms with van der Waals surface area (Å²) < 4.78 is 44.4. The molecule has 10 heteroatoms. The van der Waals surface area contributed by atoms with E-state index in [4.69, 9.17) is 4.74 Å². The molecule has 0 saturated carbocycles. The van der Waals surface area contributed by atoms with Gasteiger partial charge in [0.15, 0.2) is 0 Å². The third kappa shape index (κ3) is 4.95. The summed E-state index contributed by atoms with van der Waals surface area (Å²) in [6.45, 7) is 3.25. The van der Waals surface area contributed by atoms with Gasteiger partial charge in [-0.1, -0.05) is 0 Å². The molecule has 2 aromatic carbocycles.